The molecule has 264 valence electrons. The Hall–Kier alpha value is -2.91. The van der Waals surface area contributed by atoms with Crippen LogP contribution >= 0.6 is 0 Å². The summed E-state index contributed by atoms with van der Waals surface area (Å²) in [7, 11) is -3.43. The maximum Gasteiger partial charge on any atom is 0.282 e. The molecule has 6 rings (SSSR count). The van der Waals surface area contributed by atoms with Gasteiger partial charge in [0.2, 0.25) is 0 Å². The summed E-state index contributed by atoms with van der Waals surface area (Å²) in [5.74, 6) is 1.02. The number of aromatic nitrogens is 2. The van der Waals surface area contributed by atoms with Gasteiger partial charge in [0.05, 0.1) is 11.8 Å². The highest BCUT2D eigenvalue weighted by Crippen LogP contribution is 2.42. The molecular formula is C34H51FN8O4S. The largest absolute Gasteiger partial charge is 0.451 e. The zero-order valence-corrected chi connectivity index (χ0v) is 29.8. The first-order valence-electron chi connectivity index (χ1n) is 17.4. The van der Waals surface area contributed by atoms with Crippen molar-refractivity contribution in [2.45, 2.75) is 72.0 Å². The first-order chi connectivity index (χ1) is 22.9. The Morgan fingerprint density at radius 1 is 1.10 bits per heavy atom. The number of benzene rings is 1. The maximum atomic E-state index is 14.4. The van der Waals surface area contributed by atoms with Crippen LogP contribution in [0, 0.1) is 17.2 Å². The second kappa shape index (κ2) is 14.1. The Bertz CT molecular complexity index is 1550. The molecule has 2 aromatic rings. The molecular weight excluding hydrogens is 635 g/mol. The van der Waals surface area contributed by atoms with Gasteiger partial charge in [-0.25, -0.2) is 14.4 Å². The van der Waals surface area contributed by atoms with E-state index in [1.54, 1.807) is 19.7 Å². The molecule has 0 radical (unpaired) electrons. The number of ether oxygens (including phenoxy) is 1. The highest BCUT2D eigenvalue weighted by molar-refractivity contribution is 7.86. The van der Waals surface area contributed by atoms with Crippen LogP contribution in [0.4, 0.5) is 10.2 Å². The molecule has 4 aliphatic heterocycles. The summed E-state index contributed by atoms with van der Waals surface area (Å²) < 4.78 is 50.7. The Balaban J connectivity index is 1.04. The van der Waals surface area contributed by atoms with E-state index in [4.69, 9.17) is 4.74 Å². The van der Waals surface area contributed by atoms with Crippen molar-refractivity contribution in [3.63, 3.8) is 0 Å². The molecule has 1 aromatic heterocycles. The van der Waals surface area contributed by atoms with Crippen molar-refractivity contribution in [2.24, 2.45) is 11.3 Å². The van der Waals surface area contributed by atoms with Gasteiger partial charge in [-0.05, 0) is 83.4 Å². The molecule has 0 saturated carbocycles. The molecule has 1 aromatic carbocycles. The van der Waals surface area contributed by atoms with E-state index >= 15 is 0 Å². The number of hydrogen-bond acceptors (Lipinski definition) is 9. The summed E-state index contributed by atoms with van der Waals surface area (Å²) in [6.45, 7) is 17.5. The van der Waals surface area contributed by atoms with E-state index in [0.29, 0.717) is 50.2 Å². The van der Waals surface area contributed by atoms with Gasteiger partial charge < -0.3 is 24.8 Å². The smallest absolute Gasteiger partial charge is 0.282 e. The Labute approximate surface area is 284 Å². The van der Waals surface area contributed by atoms with Crippen molar-refractivity contribution >= 4 is 21.9 Å². The molecule has 1 amide bonds. The maximum absolute atomic E-state index is 14.4. The minimum Gasteiger partial charge on any atom is -0.451 e. The number of nitrogens with one attached hydrogen (secondary N) is 1. The number of halogens is 1. The zero-order chi connectivity index (χ0) is 34.2. The van der Waals surface area contributed by atoms with E-state index in [1.165, 1.54) is 24.5 Å². The molecule has 4 aliphatic rings. The van der Waals surface area contributed by atoms with Gasteiger partial charge in [0.25, 0.3) is 16.1 Å². The molecule has 1 N–H and O–H groups in total. The predicted molar refractivity (Wildman–Crippen MR) is 183 cm³/mol. The van der Waals surface area contributed by atoms with Crippen LogP contribution in [-0.4, -0.2) is 126 Å². The molecule has 0 unspecified atom stereocenters. The second-order valence-corrected chi connectivity index (χ2v) is 16.6. The van der Waals surface area contributed by atoms with E-state index in [-0.39, 0.29) is 40.8 Å². The quantitative estimate of drug-likeness (QED) is 0.402. The highest BCUT2D eigenvalue weighted by Gasteiger charge is 2.48. The van der Waals surface area contributed by atoms with Gasteiger partial charge in [-0.15, -0.1) is 0 Å². The Morgan fingerprint density at radius 3 is 2.52 bits per heavy atom. The van der Waals surface area contributed by atoms with Crippen molar-refractivity contribution in [2.75, 3.05) is 70.3 Å². The monoisotopic (exact) mass is 686 g/mol. The van der Waals surface area contributed by atoms with Crippen LogP contribution in [0.5, 0.6) is 11.5 Å². The number of rotatable bonds is 10. The molecule has 14 heteroatoms. The van der Waals surface area contributed by atoms with Gasteiger partial charge in [-0.1, -0.05) is 0 Å². The number of amides is 1. The van der Waals surface area contributed by atoms with E-state index in [0.717, 1.165) is 52.0 Å². The molecule has 12 nitrogen and oxygen atoms in total. The number of piperidine rings is 1. The average molecular weight is 687 g/mol. The van der Waals surface area contributed by atoms with Crippen molar-refractivity contribution in [1.82, 2.24) is 33.7 Å². The minimum absolute atomic E-state index is 0.0234. The number of likely N-dealkylation sites (tertiary alicyclic amines) is 1. The number of piperazine rings is 1. The van der Waals surface area contributed by atoms with E-state index in [2.05, 4.69) is 25.1 Å². The summed E-state index contributed by atoms with van der Waals surface area (Å²) in [6, 6.07) is 3.87. The van der Waals surface area contributed by atoms with Crippen LogP contribution in [0.2, 0.25) is 0 Å². The summed E-state index contributed by atoms with van der Waals surface area (Å²) in [5.41, 5.74) is 0.373. The van der Waals surface area contributed by atoms with Crippen molar-refractivity contribution < 1.29 is 22.3 Å². The molecule has 5 heterocycles. The predicted octanol–water partition coefficient (Wildman–Crippen LogP) is 3.43. The lowest BCUT2D eigenvalue weighted by Crippen LogP contribution is -2.63. The summed E-state index contributed by atoms with van der Waals surface area (Å²) in [5, 5.41) is 3.28. The van der Waals surface area contributed by atoms with Crippen molar-refractivity contribution in [3.8, 4) is 11.5 Å². The number of nitrogens with zero attached hydrogens (tertiary/aromatic N) is 7. The van der Waals surface area contributed by atoms with Gasteiger partial charge >= 0.3 is 0 Å². The SMILES string of the molecule is CC(C)N(C(=O)c1cc(F)ccc1Oc1cncnc1N1CC[C@@H](CN2CC3(CCN(S(=O)(=O)N4CCNC[C@@H]4C)CC3)C2)C1)C(C)C. The van der Waals surface area contributed by atoms with Crippen LogP contribution in [-0.2, 0) is 10.2 Å². The third-order valence-corrected chi connectivity index (χ3v) is 12.6. The van der Waals surface area contributed by atoms with E-state index in [9.17, 15) is 17.6 Å². The summed E-state index contributed by atoms with van der Waals surface area (Å²) in [6.07, 6.45) is 5.92. The third-order valence-electron chi connectivity index (χ3n) is 10.5. The normalized spacial score (nSPS) is 24.0. The number of carbonyl (C=O) groups excluding carboxylic acids is 1. The molecule has 1 spiro atoms. The van der Waals surface area contributed by atoms with Gasteiger partial charge in [0, 0.05) is 83.6 Å². The summed E-state index contributed by atoms with van der Waals surface area (Å²) in [4.78, 5) is 28.8. The lowest BCUT2D eigenvalue weighted by Gasteiger charge is -2.54. The van der Waals surface area contributed by atoms with Crippen LogP contribution in [0.3, 0.4) is 0 Å². The number of hydrogen-bond donors (Lipinski definition) is 1. The van der Waals surface area contributed by atoms with Gasteiger partial charge in [-0.3, -0.25) is 4.79 Å². The number of anilines is 1. The van der Waals surface area contributed by atoms with Crippen LogP contribution < -0.4 is 15.0 Å². The Morgan fingerprint density at radius 2 is 1.83 bits per heavy atom. The minimum atomic E-state index is -3.43. The van der Waals surface area contributed by atoms with E-state index in [1.807, 2.05) is 34.6 Å². The molecule has 0 aliphatic carbocycles. The fourth-order valence-electron chi connectivity index (χ4n) is 8.09. The number of carbonyl (C=O) groups is 1. The fourth-order valence-corrected chi connectivity index (χ4v) is 9.88. The van der Waals surface area contributed by atoms with Crippen LogP contribution in [0.1, 0.15) is 64.2 Å². The topological polar surface area (TPSA) is 114 Å². The second-order valence-electron chi connectivity index (χ2n) is 14.7. The van der Waals surface area contributed by atoms with E-state index < -0.39 is 16.0 Å². The Kier molecular flexibility index (Phi) is 10.3. The van der Waals surface area contributed by atoms with Crippen LogP contribution in [0.25, 0.3) is 0 Å². The first kappa shape index (κ1) is 34.9. The zero-order valence-electron chi connectivity index (χ0n) is 28.9. The molecule has 4 fully saturated rings. The molecule has 48 heavy (non-hydrogen) atoms. The van der Waals surface area contributed by atoms with Gasteiger partial charge in [0.1, 0.15) is 17.9 Å². The van der Waals surface area contributed by atoms with Gasteiger partial charge in [0.15, 0.2) is 11.6 Å². The first-order valence-corrected chi connectivity index (χ1v) is 18.8. The standard InChI is InChI=1S/C34H51FN8O4S/c1-24(2)43(25(3)4)33(44)29-16-28(35)6-7-30(29)47-31-18-37-23-38-32(31)40-12-8-27(20-40)19-39-21-34(22-39)9-13-41(14-10-34)48(45,46)42-15-11-36-17-26(42)5/h6-7,16,18,23-27,36H,8-15,17,19-22H2,1-5H3/t26-,27-/m0/s1. The third kappa shape index (κ3) is 7.18. The average Bonchev–Trinajstić information content (AvgIpc) is 3.49. The lowest BCUT2D eigenvalue weighted by molar-refractivity contribution is -0.0414. The lowest BCUT2D eigenvalue weighted by atomic mass is 9.72. The highest BCUT2D eigenvalue weighted by atomic mass is 32.2. The molecule has 2 atom stereocenters. The summed E-state index contributed by atoms with van der Waals surface area (Å²) >= 11 is 0. The van der Waals surface area contributed by atoms with Crippen molar-refractivity contribution in [1.29, 1.82) is 0 Å². The fraction of sp³-hybridized carbons (Fsp3) is 0.676. The van der Waals surface area contributed by atoms with Crippen molar-refractivity contribution in [3.05, 3.63) is 42.1 Å². The van der Waals surface area contributed by atoms with Gasteiger partial charge in [-0.2, -0.15) is 17.0 Å². The molecule has 4 saturated heterocycles. The molecule has 0 bridgehead atoms. The van der Waals surface area contributed by atoms with Crippen LogP contribution in [0.15, 0.2) is 30.7 Å².